The Labute approximate surface area is 82.1 Å². The Morgan fingerprint density at radius 3 is 2.54 bits per heavy atom. The third-order valence-corrected chi connectivity index (χ3v) is 5.13. The Hall–Kier alpha value is -0.630. The van der Waals surface area contributed by atoms with E-state index in [0.717, 1.165) is 0 Å². The minimum Gasteiger partial charge on any atom is -0.872 e. The lowest BCUT2D eigenvalue weighted by atomic mass is 10.2. The van der Waals surface area contributed by atoms with E-state index in [1.807, 2.05) is 6.07 Å². The van der Waals surface area contributed by atoms with Crippen LogP contribution < -0.4 is 5.11 Å². The van der Waals surface area contributed by atoms with Crippen molar-refractivity contribution < 1.29 is 5.11 Å². The summed E-state index contributed by atoms with van der Waals surface area (Å²) < 4.78 is 0. The van der Waals surface area contributed by atoms with Crippen LogP contribution in [0.15, 0.2) is 23.1 Å². The molecule has 1 aliphatic rings. The molecule has 0 N–H and O–H groups in total. The summed E-state index contributed by atoms with van der Waals surface area (Å²) in [5, 5.41) is 11.1. The summed E-state index contributed by atoms with van der Waals surface area (Å²) >= 11 is 0. The molecule has 0 aliphatic carbocycles. The molecule has 1 aliphatic heterocycles. The maximum atomic E-state index is 11.1. The molecule has 1 aromatic carbocycles. The molecular weight excluding hydrogens is 180 g/mol. The van der Waals surface area contributed by atoms with Crippen molar-refractivity contribution in [2.24, 2.45) is 0 Å². The monoisotopic (exact) mass is 194 g/mol. The van der Waals surface area contributed by atoms with Crippen LogP contribution in [0.25, 0.3) is 0 Å². The zero-order valence-corrected chi connectivity index (χ0v) is 8.69. The Balaban J connectivity index is 2.29. The van der Waals surface area contributed by atoms with E-state index in [1.165, 1.54) is 34.8 Å². The van der Waals surface area contributed by atoms with E-state index in [0.29, 0.717) is 10.9 Å². The van der Waals surface area contributed by atoms with Crippen LogP contribution in [0.3, 0.4) is 0 Å². The molecule has 0 aromatic heterocycles. The minimum absolute atomic E-state index is 0.143. The van der Waals surface area contributed by atoms with Gasteiger partial charge in [0.2, 0.25) is 0 Å². The van der Waals surface area contributed by atoms with Gasteiger partial charge >= 0.3 is 0 Å². The first kappa shape index (κ1) is 8.95. The van der Waals surface area contributed by atoms with Crippen LogP contribution in [-0.2, 0) is 10.9 Å². The van der Waals surface area contributed by atoms with Crippen LogP contribution in [0.5, 0.6) is 5.75 Å². The highest BCUT2D eigenvalue weighted by Crippen LogP contribution is 2.26. The number of hydrogen-bond acceptors (Lipinski definition) is 1. The summed E-state index contributed by atoms with van der Waals surface area (Å²) in [7, 11) is 0.451. The predicted molar refractivity (Wildman–Crippen MR) is 55.2 cm³/mol. The Morgan fingerprint density at radius 1 is 1.23 bits per heavy atom. The highest BCUT2D eigenvalue weighted by molar-refractivity contribution is 7.97. The smallest absolute Gasteiger partial charge is 0.157 e. The van der Waals surface area contributed by atoms with Crippen LogP contribution in [-0.4, -0.2) is 11.5 Å². The van der Waals surface area contributed by atoms with E-state index >= 15 is 0 Å². The van der Waals surface area contributed by atoms with Crippen LogP contribution >= 0.6 is 0 Å². The molecule has 2 rings (SSSR count). The molecule has 1 aromatic rings. The molecule has 0 bridgehead atoms. The van der Waals surface area contributed by atoms with Gasteiger partial charge < -0.3 is 5.11 Å². The topological polar surface area (TPSA) is 23.1 Å². The summed E-state index contributed by atoms with van der Waals surface area (Å²) in [5.41, 5.74) is 1.19. The molecule has 0 radical (unpaired) electrons. The zero-order chi connectivity index (χ0) is 9.26. The van der Waals surface area contributed by atoms with Crippen molar-refractivity contribution in [3.63, 3.8) is 0 Å². The standard InChI is InChI=1S/C11H14OS/c1-9-8-10(12)4-5-11(9)13-6-2-3-7-13/h4-5,8H,2-3,6-7H2,1H3. The molecule has 1 heterocycles. The van der Waals surface area contributed by atoms with Crippen molar-refractivity contribution in [1.29, 1.82) is 0 Å². The maximum absolute atomic E-state index is 11.1. The third kappa shape index (κ3) is 1.83. The molecule has 2 heteroatoms. The minimum atomic E-state index is 0.143. The first-order valence-corrected chi connectivity index (χ1v) is 6.29. The Bertz CT molecular complexity index is 303. The fraction of sp³-hybridized carbons (Fsp3) is 0.455. The normalized spacial score (nSPS) is 17.9. The van der Waals surface area contributed by atoms with Gasteiger partial charge in [0, 0.05) is 16.5 Å². The molecular formula is C11H14OS. The summed E-state index contributed by atoms with van der Waals surface area (Å²) in [5.74, 6) is 2.81. The average Bonchev–Trinajstić information content (AvgIpc) is 2.56. The van der Waals surface area contributed by atoms with Crippen LogP contribution in [0, 0.1) is 6.92 Å². The Morgan fingerprint density at radius 2 is 1.92 bits per heavy atom. The average molecular weight is 194 g/mol. The quantitative estimate of drug-likeness (QED) is 0.626. The lowest BCUT2D eigenvalue weighted by molar-refractivity contribution is -0.268. The molecule has 0 saturated carbocycles. The summed E-state index contributed by atoms with van der Waals surface area (Å²) in [6.07, 6.45) is 2.73. The first-order valence-electron chi connectivity index (χ1n) is 4.72. The number of hydrogen-bond donors (Lipinski definition) is 0. The molecule has 0 spiro atoms. The zero-order valence-electron chi connectivity index (χ0n) is 7.88. The SMILES string of the molecule is Cc1cc([O-])ccc1[S+]1CCCC1. The van der Waals surface area contributed by atoms with Crippen molar-refractivity contribution in [3.05, 3.63) is 23.8 Å². The van der Waals surface area contributed by atoms with Gasteiger partial charge in [0.1, 0.15) is 11.5 Å². The molecule has 0 amide bonds. The molecule has 1 nitrogen and oxygen atoms in total. The van der Waals surface area contributed by atoms with E-state index in [2.05, 4.69) is 6.92 Å². The molecule has 1 saturated heterocycles. The van der Waals surface area contributed by atoms with Crippen molar-refractivity contribution in [2.75, 3.05) is 11.5 Å². The van der Waals surface area contributed by atoms with Gasteiger partial charge in [-0.15, -0.1) is 5.75 Å². The number of rotatable bonds is 1. The van der Waals surface area contributed by atoms with Crippen molar-refractivity contribution in [1.82, 2.24) is 0 Å². The van der Waals surface area contributed by atoms with E-state index in [9.17, 15) is 5.11 Å². The van der Waals surface area contributed by atoms with Gasteiger partial charge in [-0.3, -0.25) is 0 Å². The van der Waals surface area contributed by atoms with E-state index in [1.54, 1.807) is 12.1 Å². The third-order valence-electron chi connectivity index (χ3n) is 2.49. The van der Waals surface area contributed by atoms with Gasteiger partial charge in [-0.1, -0.05) is 12.1 Å². The highest BCUT2D eigenvalue weighted by Gasteiger charge is 2.27. The lowest BCUT2D eigenvalue weighted by Gasteiger charge is -2.09. The molecule has 70 valence electrons. The van der Waals surface area contributed by atoms with Gasteiger partial charge in [0.15, 0.2) is 4.90 Å². The van der Waals surface area contributed by atoms with E-state index in [-0.39, 0.29) is 5.75 Å². The van der Waals surface area contributed by atoms with Crippen molar-refractivity contribution in [2.45, 2.75) is 24.7 Å². The second kappa shape index (κ2) is 3.62. The molecule has 0 unspecified atom stereocenters. The molecule has 1 fully saturated rings. The van der Waals surface area contributed by atoms with Crippen molar-refractivity contribution >= 4 is 10.9 Å². The number of aryl methyl sites for hydroxylation is 1. The van der Waals surface area contributed by atoms with Gasteiger partial charge in [0.05, 0.1) is 0 Å². The van der Waals surface area contributed by atoms with Crippen LogP contribution in [0.4, 0.5) is 0 Å². The second-order valence-electron chi connectivity index (χ2n) is 3.54. The Kier molecular flexibility index (Phi) is 2.49. The largest absolute Gasteiger partial charge is 0.872 e. The van der Waals surface area contributed by atoms with E-state index in [4.69, 9.17) is 0 Å². The number of benzene rings is 1. The van der Waals surface area contributed by atoms with E-state index < -0.39 is 0 Å². The highest BCUT2D eigenvalue weighted by atomic mass is 32.2. The van der Waals surface area contributed by atoms with Gasteiger partial charge in [0.25, 0.3) is 0 Å². The first-order chi connectivity index (χ1) is 6.27. The second-order valence-corrected chi connectivity index (χ2v) is 5.78. The fourth-order valence-electron chi connectivity index (χ4n) is 1.82. The molecule has 13 heavy (non-hydrogen) atoms. The van der Waals surface area contributed by atoms with Gasteiger partial charge in [-0.2, -0.15) is 0 Å². The summed E-state index contributed by atoms with van der Waals surface area (Å²) in [4.78, 5) is 1.43. The van der Waals surface area contributed by atoms with Crippen molar-refractivity contribution in [3.8, 4) is 5.75 Å². The maximum Gasteiger partial charge on any atom is 0.157 e. The predicted octanol–water partition coefficient (Wildman–Crippen LogP) is 1.84. The van der Waals surface area contributed by atoms with Crippen LogP contribution in [0.2, 0.25) is 0 Å². The van der Waals surface area contributed by atoms with Gasteiger partial charge in [-0.25, -0.2) is 0 Å². The fourth-order valence-corrected chi connectivity index (χ4v) is 4.34. The summed E-state index contributed by atoms with van der Waals surface area (Å²) in [6.45, 7) is 2.06. The summed E-state index contributed by atoms with van der Waals surface area (Å²) in [6, 6.07) is 5.50. The lowest BCUT2D eigenvalue weighted by Crippen LogP contribution is -2.06. The van der Waals surface area contributed by atoms with Gasteiger partial charge in [-0.05, 0) is 25.8 Å². The molecule has 0 atom stereocenters. The van der Waals surface area contributed by atoms with Crippen LogP contribution in [0.1, 0.15) is 18.4 Å².